The van der Waals surface area contributed by atoms with Crippen LogP contribution in [0.3, 0.4) is 0 Å². The maximum atomic E-state index is 5.55. The number of rotatable bonds is 3. The molecule has 0 saturated heterocycles. The number of para-hydroxylation sites is 1. The smallest absolute Gasteiger partial charge is 0.154 e. The third-order valence-electron chi connectivity index (χ3n) is 4.01. The molecule has 0 amide bonds. The summed E-state index contributed by atoms with van der Waals surface area (Å²) in [5, 5.41) is 8.27. The quantitative estimate of drug-likeness (QED) is 0.795. The first-order valence-electron chi connectivity index (χ1n) is 7.36. The molecule has 106 valence electrons. The number of fused-ring (bicyclic) bond motifs is 1. The molecule has 4 nitrogen and oxygen atoms in total. The van der Waals surface area contributed by atoms with Crippen LogP contribution in [0.2, 0.25) is 0 Å². The van der Waals surface area contributed by atoms with Gasteiger partial charge < -0.3 is 9.73 Å². The van der Waals surface area contributed by atoms with Gasteiger partial charge in [0.05, 0.1) is 12.0 Å². The Bertz CT molecular complexity index is 771. The van der Waals surface area contributed by atoms with Crippen molar-refractivity contribution in [3.63, 3.8) is 0 Å². The molecule has 21 heavy (non-hydrogen) atoms. The fraction of sp³-hybridized carbons (Fsp3) is 0.235. The van der Waals surface area contributed by atoms with E-state index in [1.54, 1.807) is 6.26 Å². The van der Waals surface area contributed by atoms with Gasteiger partial charge in [0.25, 0.3) is 0 Å². The van der Waals surface area contributed by atoms with Crippen LogP contribution in [0.25, 0.3) is 17.1 Å². The van der Waals surface area contributed by atoms with Crippen molar-refractivity contribution in [3.05, 3.63) is 53.8 Å². The average Bonchev–Trinajstić information content (AvgIpc) is 3.24. The molecule has 0 saturated carbocycles. The predicted octanol–water partition coefficient (Wildman–Crippen LogP) is 3.66. The van der Waals surface area contributed by atoms with Crippen LogP contribution in [-0.2, 0) is 12.8 Å². The van der Waals surface area contributed by atoms with Crippen LogP contribution in [0.1, 0.15) is 18.1 Å². The largest absolute Gasteiger partial charge is 0.463 e. The normalized spacial score (nSPS) is 13.2. The molecule has 2 aromatic heterocycles. The first-order chi connectivity index (χ1) is 10.4. The van der Waals surface area contributed by atoms with E-state index >= 15 is 0 Å². The minimum absolute atomic E-state index is 0.836. The number of furan rings is 1. The Labute approximate surface area is 123 Å². The van der Waals surface area contributed by atoms with Crippen LogP contribution < -0.4 is 5.32 Å². The Hall–Kier alpha value is -2.49. The Morgan fingerprint density at radius 1 is 1.24 bits per heavy atom. The molecule has 1 N–H and O–H groups in total. The van der Waals surface area contributed by atoms with Crippen molar-refractivity contribution in [2.75, 3.05) is 11.9 Å². The molecule has 0 aliphatic carbocycles. The van der Waals surface area contributed by atoms with Gasteiger partial charge in [-0.1, -0.05) is 25.1 Å². The summed E-state index contributed by atoms with van der Waals surface area (Å²) in [4.78, 5) is 0. The molecule has 3 heterocycles. The molecule has 0 bridgehead atoms. The van der Waals surface area contributed by atoms with Crippen molar-refractivity contribution < 1.29 is 4.42 Å². The highest BCUT2D eigenvalue weighted by Gasteiger charge is 2.25. The van der Waals surface area contributed by atoms with Crippen LogP contribution in [0, 0.1) is 0 Å². The van der Waals surface area contributed by atoms with E-state index in [1.165, 1.54) is 11.1 Å². The van der Waals surface area contributed by atoms with E-state index in [-0.39, 0.29) is 0 Å². The summed E-state index contributed by atoms with van der Waals surface area (Å²) in [6.07, 6.45) is 3.67. The molecule has 3 aromatic rings. The zero-order valence-electron chi connectivity index (χ0n) is 12.0. The minimum atomic E-state index is 0.836. The van der Waals surface area contributed by atoms with Gasteiger partial charge in [-0.15, -0.1) is 0 Å². The second-order valence-corrected chi connectivity index (χ2v) is 5.22. The van der Waals surface area contributed by atoms with Gasteiger partial charge in [0.2, 0.25) is 0 Å². The highest BCUT2D eigenvalue weighted by atomic mass is 16.3. The average molecular weight is 279 g/mol. The number of benzene rings is 1. The summed E-state index contributed by atoms with van der Waals surface area (Å²) in [6, 6.07) is 12.3. The van der Waals surface area contributed by atoms with E-state index in [4.69, 9.17) is 9.52 Å². The lowest BCUT2D eigenvalue weighted by Gasteiger charge is -2.10. The van der Waals surface area contributed by atoms with Crippen molar-refractivity contribution in [3.8, 4) is 17.1 Å². The first-order valence-corrected chi connectivity index (χ1v) is 7.36. The van der Waals surface area contributed by atoms with Crippen LogP contribution in [0.15, 0.2) is 47.1 Å². The number of nitrogens with one attached hydrogen (secondary N) is 1. The summed E-state index contributed by atoms with van der Waals surface area (Å²) in [5.41, 5.74) is 4.63. The topological polar surface area (TPSA) is 43.0 Å². The molecule has 4 heteroatoms. The molecule has 1 aromatic carbocycles. The lowest BCUT2D eigenvalue weighted by atomic mass is 10.1. The monoisotopic (exact) mass is 279 g/mol. The van der Waals surface area contributed by atoms with Crippen molar-refractivity contribution in [1.29, 1.82) is 0 Å². The molecule has 0 atom stereocenters. The molecule has 0 fully saturated rings. The van der Waals surface area contributed by atoms with Gasteiger partial charge in [-0.05, 0) is 36.6 Å². The lowest BCUT2D eigenvalue weighted by Crippen LogP contribution is -2.06. The number of hydrogen-bond acceptors (Lipinski definition) is 3. The third-order valence-corrected chi connectivity index (χ3v) is 4.01. The fourth-order valence-electron chi connectivity index (χ4n) is 2.98. The van der Waals surface area contributed by atoms with Gasteiger partial charge in [0, 0.05) is 12.1 Å². The second-order valence-electron chi connectivity index (χ2n) is 5.22. The Morgan fingerprint density at radius 2 is 2.14 bits per heavy atom. The molecule has 4 rings (SSSR count). The number of hydrogen-bond donors (Lipinski definition) is 1. The molecule has 1 aliphatic heterocycles. The van der Waals surface area contributed by atoms with Crippen LogP contribution in [0.5, 0.6) is 0 Å². The van der Waals surface area contributed by atoms with Gasteiger partial charge in [-0.2, -0.15) is 5.10 Å². The van der Waals surface area contributed by atoms with E-state index in [0.29, 0.717) is 0 Å². The Kier molecular flexibility index (Phi) is 2.81. The summed E-state index contributed by atoms with van der Waals surface area (Å²) < 4.78 is 7.57. The Balaban J connectivity index is 1.93. The molecule has 0 unspecified atom stereocenters. The number of aromatic nitrogens is 2. The highest BCUT2D eigenvalue weighted by Crippen LogP contribution is 2.35. The van der Waals surface area contributed by atoms with Gasteiger partial charge in [0.15, 0.2) is 5.76 Å². The van der Waals surface area contributed by atoms with Gasteiger partial charge in [-0.3, -0.25) is 0 Å². The van der Waals surface area contributed by atoms with Crippen molar-refractivity contribution in [2.24, 2.45) is 0 Å². The summed E-state index contributed by atoms with van der Waals surface area (Å²) >= 11 is 0. The van der Waals surface area contributed by atoms with Crippen LogP contribution >= 0.6 is 0 Å². The molecular formula is C17H17N3O. The van der Waals surface area contributed by atoms with Gasteiger partial charge in [-0.25, -0.2) is 4.68 Å². The summed E-state index contributed by atoms with van der Waals surface area (Å²) in [6.45, 7) is 3.12. The number of anilines is 1. The lowest BCUT2D eigenvalue weighted by molar-refractivity contribution is 0.578. The van der Waals surface area contributed by atoms with E-state index in [2.05, 4.69) is 36.5 Å². The standard InChI is InChI=1S/C17H17N3O/c1-2-12-6-3-4-7-14(12)20-17-13(9-10-18-17)16(19-20)15-8-5-11-21-15/h3-8,11,18H,2,9-10H2,1H3. The van der Waals surface area contributed by atoms with E-state index in [1.807, 2.05) is 16.8 Å². The van der Waals surface area contributed by atoms with Gasteiger partial charge >= 0.3 is 0 Å². The molecule has 0 radical (unpaired) electrons. The minimum Gasteiger partial charge on any atom is -0.463 e. The SMILES string of the molecule is CCc1ccccc1-n1nc(-c2ccco2)c2c1NCC2. The second kappa shape index (κ2) is 4.81. The van der Waals surface area contributed by atoms with Crippen LogP contribution in [-0.4, -0.2) is 16.3 Å². The number of nitrogens with zero attached hydrogens (tertiary/aromatic N) is 2. The maximum Gasteiger partial charge on any atom is 0.154 e. The van der Waals surface area contributed by atoms with Crippen molar-refractivity contribution in [2.45, 2.75) is 19.8 Å². The predicted molar refractivity (Wildman–Crippen MR) is 82.8 cm³/mol. The van der Waals surface area contributed by atoms with E-state index in [9.17, 15) is 0 Å². The summed E-state index contributed by atoms with van der Waals surface area (Å²) in [5.74, 6) is 1.94. The van der Waals surface area contributed by atoms with E-state index < -0.39 is 0 Å². The first kappa shape index (κ1) is 12.3. The van der Waals surface area contributed by atoms with Crippen LogP contribution in [0.4, 0.5) is 5.82 Å². The number of aryl methyl sites for hydroxylation is 1. The van der Waals surface area contributed by atoms with E-state index in [0.717, 1.165) is 42.3 Å². The molecule has 1 aliphatic rings. The zero-order chi connectivity index (χ0) is 14.2. The Morgan fingerprint density at radius 3 is 2.95 bits per heavy atom. The molecule has 0 spiro atoms. The van der Waals surface area contributed by atoms with Crippen molar-refractivity contribution >= 4 is 5.82 Å². The van der Waals surface area contributed by atoms with Crippen molar-refractivity contribution in [1.82, 2.24) is 9.78 Å². The maximum absolute atomic E-state index is 5.55. The third kappa shape index (κ3) is 1.87. The fourth-order valence-corrected chi connectivity index (χ4v) is 2.98. The zero-order valence-corrected chi connectivity index (χ0v) is 12.0. The molecular weight excluding hydrogens is 262 g/mol. The van der Waals surface area contributed by atoms with Gasteiger partial charge in [0.1, 0.15) is 11.5 Å². The summed E-state index contributed by atoms with van der Waals surface area (Å²) in [7, 11) is 0. The highest BCUT2D eigenvalue weighted by molar-refractivity contribution is 5.70.